The molecule has 3 rings (SSSR count). The first-order valence-electron chi connectivity index (χ1n) is 9.32. The Bertz CT molecular complexity index is 712. The lowest BCUT2D eigenvalue weighted by molar-refractivity contribution is -0.140. The Kier molecular flexibility index (Phi) is 5.78. The van der Waals surface area contributed by atoms with E-state index in [-0.39, 0.29) is 31.0 Å². The van der Waals surface area contributed by atoms with Gasteiger partial charge in [-0.1, -0.05) is 0 Å². The summed E-state index contributed by atoms with van der Waals surface area (Å²) in [6.07, 6.45) is 3.79. The molecule has 150 valence electrons. The Labute approximate surface area is 156 Å². The van der Waals surface area contributed by atoms with Crippen LogP contribution < -0.4 is 5.32 Å². The van der Waals surface area contributed by atoms with Crippen LogP contribution >= 0.6 is 0 Å². The third-order valence-corrected chi connectivity index (χ3v) is 5.52. The van der Waals surface area contributed by atoms with Gasteiger partial charge in [0.25, 0.3) is 0 Å². The summed E-state index contributed by atoms with van der Waals surface area (Å²) < 4.78 is 26.4. The average Bonchev–Trinajstić information content (AvgIpc) is 3.30. The minimum absolute atomic E-state index is 0.00348. The average molecular weight is 384 g/mol. The summed E-state index contributed by atoms with van der Waals surface area (Å²) in [6, 6.07) is 0.181. The largest absolute Gasteiger partial charge is 0.480 e. The highest BCUT2D eigenvalue weighted by molar-refractivity contribution is 5.79. The van der Waals surface area contributed by atoms with Crippen LogP contribution in [0.4, 0.5) is 8.78 Å². The van der Waals surface area contributed by atoms with E-state index in [1.165, 1.54) is 6.92 Å². The van der Waals surface area contributed by atoms with Crippen molar-refractivity contribution in [3.8, 4) is 0 Å². The van der Waals surface area contributed by atoms with Crippen LogP contribution in [0, 0.1) is 19.8 Å². The number of carboxylic acids is 1. The van der Waals surface area contributed by atoms with E-state index in [9.17, 15) is 18.4 Å². The van der Waals surface area contributed by atoms with Gasteiger partial charge in [0.1, 0.15) is 0 Å². The van der Waals surface area contributed by atoms with E-state index in [2.05, 4.69) is 10.4 Å². The molecule has 2 N–H and O–H groups in total. The number of rotatable bonds is 9. The van der Waals surface area contributed by atoms with E-state index in [4.69, 9.17) is 5.11 Å². The van der Waals surface area contributed by atoms with Crippen LogP contribution in [0.2, 0.25) is 0 Å². The highest BCUT2D eigenvalue weighted by atomic mass is 19.3. The molecule has 2 fully saturated rings. The number of halogens is 2. The molecule has 0 radical (unpaired) electrons. The molecule has 1 amide bonds. The lowest BCUT2D eigenvalue weighted by Crippen LogP contribution is -2.55. The fourth-order valence-electron chi connectivity index (χ4n) is 3.73. The molecule has 2 aliphatic rings. The van der Waals surface area contributed by atoms with Crippen LogP contribution in [0.3, 0.4) is 0 Å². The molecule has 1 heterocycles. The van der Waals surface area contributed by atoms with Crippen LogP contribution in [0.15, 0.2) is 0 Å². The molecule has 7 nitrogen and oxygen atoms in total. The summed E-state index contributed by atoms with van der Waals surface area (Å²) in [5.41, 5.74) is 1.28. The number of amides is 1. The summed E-state index contributed by atoms with van der Waals surface area (Å²) in [4.78, 5) is 25.4. The minimum Gasteiger partial charge on any atom is -0.480 e. The van der Waals surface area contributed by atoms with Crippen LogP contribution in [0.25, 0.3) is 0 Å². The molecule has 0 saturated heterocycles. The molecule has 27 heavy (non-hydrogen) atoms. The van der Waals surface area contributed by atoms with E-state index in [1.54, 1.807) is 6.92 Å². The molecule has 0 aromatic carbocycles. The molecule has 2 aliphatic carbocycles. The lowest BCUT2D eigenvalue weighted by Gasteiger charge is -2.42. The second-order valence-corrected chi connectivity index (χ2v) is 7.70. The van der Waals surface area contributed by atoms with E-state index < -0.39 is 12.5 Å². The van der Waals surface area contributed by atoms with E-state index in [1.807, 2.05) is 4.90 Å². The van der Waals surface area contributed by atoms with Gasteiger partial charge in [0.2, 0.25) is 5.91 Å². The first kappa shape index (κ1) is 19.7. The van der Waals surface area contributed by atoms with E-state index in [0.29, 0.717) is 27.6 Å². The molecular weight excluding hydrogens is 358 g/mol. The Morgan fingerprint density at radius 2 is 2.00 bits per heavy atom. The zero-order chi connectivity index (χ0) is 19.7. The fourth-order valence-corrected chi connectivity index (χ4v) is 3.73. The number of aryl methyl sites for hydroxylation is 1. The third kappa shape index (κ3) is 4.82. The quantitative estimate of drug-likeness (QED) is 0.679. The summed E-state index contributed by atoms with van der Waals surface area (Å²) in [6.45, 7) is 1.28. The lowest BCUT2D eigenvalue weighted by atomic mass is 9.85. The van der Waals surface area contributed by atoms with Crippen molar-refractivity contribution in [2.24, 2.45) is 5.92 Å². The number of hydrogen-bond donors (Lipinski definition) is 2. The van der Waals surface area contributed by atoms with Gasteiger partial charge in [-0.15, -0.1) is 0 Å². The molecule has 0 atom stereocenters. The van der Waals surface area contributed by atoms with Gasteiger partial charge in [-0.2, -0.15) is 13.9 Å². The number of nitrogens with one attached hydrogen (secondary N) is 1. The summed E-state index contributed by atoms with van der Waals surface area (Å²) in [5.74, 6) is -0.439. The van der Waals surface area contributed by atoms with Crippen molar-refractivity contribution >= 4 is 11.9 Å². The molecule has 1 aromatic heterocycles. The Morgan fingerprint density at radius 3 is 2.52 bits per heavy atom. The number of aromatic nitrogens is 2. The SMILES string of the molecule is Cc1nn(C(F)F)c(C)c1CC(=O)NC1CC(N(CC(=O)O)CC2CC2)C1. The first-order chi connectivity index (χ1) is 12.7. The van der Waals surface area contributed by atoms with Gasteiger partial charge < -0.3 is 10.4 Å². The first-order valence-corrected chi connectivity index (χ1v) is 9.32. The van der Waals surface area contributed by atoms with Gasteiger partial charge in [0, 0.05) is 29.9 Å². The number of carbonyl (C=O) groups excluding carboxylic acids is 1. The summed E-state index contributed by atoms with van der Waals surface area (Å²) in [7, 11) is 0. The maximum absolute atomic E-state index is 12.9. The predicted molar refractivity (Wildman–Crippen MR) is 93.5 cm³/mol. The normalized spacial score (nSPS) is 22.1. The summed E-state index contributed by atoms with van der Waals surface area (Å²) >= 11 is 0. The Balaban J connectivity index is 1.49. The third-order valence-electron chi connectivity index (χ3n) is 5.52. The number of nitrogens with zero attached hydrogens (tertiary/aromatic N) is 3. The molecule has 1 aromatic rings. The van der Waals surface area contributed by atoms with Crippen LogP contribution in [0.5, 0.6) is 0 Å². The van der Waals surface area contributed by atoms with Crippen molar-refractivity contribution in [3.05, 3.63) is 17.0 Å². The predicted octanol–water partition coefficient (Wildman–Crippen LogP) is 1.88. The number of alkyl halides is 2. The van der Waals surface area contributed by atoms with Crippen LogP contribution in [-0.4, -0.2) is 56.8 Å². The second-order valence-electron chi connectivity index (χ2n) is 7.70. The highest BCUT2D eigenvalue weighted by Crippen LogP contribution is 2.33. The molecular formula is C18H26F2N4O3. The number of aliphatic carboxylic acids is 1. The van der Waals surface area contributed by atoms with Gasteiger partial charge in [0.05, 0.1) is 18.7 Å². The zero-order valence-electron chi connectivity index (χ0n) is 15.6. The van der Waals surface area contributed by atoms with Crippen molar-refractivity contribution in [1.82, 2.24) is 20.0 Å². The Morgan fingerprint density at radius 1 is 1.33 bits per heavy atom. The van der Waals surface area contributed by atoms with Crippen molar-refractivity contribution < 1.29 is 23.5 Å². The van der Waals surface area contributed by atoms with Gasteiger partial charge in [-0.3, -0.25) is 14.5 Å². The topological polar surface area (TPSA) is 87.5 Å². The number of hydrogen-bond acceptors (Lipinski definition) is 4. The molecule has 0 unspecified atom stereocenters. The Hall–Kier alpha value is -2.03. The van der Waals surface area contributed by atoms with Gasteiger partial charge in [-0.05, 0) is 45.4 Å². The molecule has 0 spiro atoms. The smallest absolute Gasteiger partial charge is 0.333 e. The van der Waals surface area contributed by atoms with E-state index in [0.717, 1.165) is 32.2 Å². The van der Waals surface area contributed by atoms with Gasteiger partial charge >= 0.3 is 12.5 Å². The van der Waals surface area contributed by atoms with Crippen LogP contribution in [-0.2, 0) is 16.0 Å². The van der Waals surface area contributed by atoms with Gasteiger partial charge in [-0.25, -0.2) is 4.68 Å². The van der Waals surface area contributed by atoms with Crippen LogP contribution in [0.1, 0.15) is 49.2 Å². The van der Waals surface area contributed by atoms with E-state index >= 15 is 0 Å². The second kappa shape index (κ2) is 7.92. The molecule has 0 aliphatic heterocycles. The fraction of sp³-hybridized carbons (Fsp3) is 0.722. The standard InChI is InChI=1S/C18H26F2N4O3/c1-10-15(11(2)24(22-10)18(19)20)7-16(25)21-13-5-14(6-13)23(9-17(26)27)8-12-3-4-12/h12-14,18H,3-9H2,1-2H3,(H,21,25)(H,26,27). The maximum Gasteiger partial charge on any atom is 0.333 e. The van der Waals surface area contributed by atoms with Crippen molar-refractivity contribution in [2.75, 3.05) is 13.1 Å². The monoisotopic (exact) mass is 384 g/mol. The zero-order valence-corrected chi connectivity index (χ0v) is 15.6. The van der Waals surface area contributed by atoms with Crippen molar-refractivity contribution in [2.45, 2.75) is 64.6 Å². The summed E-state index contributed by atoms with van der Waals surface area (Å²) in [5, 5.41) is 15.8. The maximum atomic E-state index is 12.9. The molecule has 2 saturated carbocycles. The van der Waals surface area contributed by atoms with Crippen molar-refractivity contribution in [1.29, 1.82) is 0 Å². The number of carboxylic acid groups (broad SMARTS) is 1. The van der Waals surface area contributed by atoms with Gasteiger partial charge in [0.15, 0.2) is 0 Å². The molecule has 9 heteroatoms. The van der Waals surface area contributed by atoms with Crippen molar-refractivity contribution in [3.63, 3.8) is 0 Å². The minimum atomic E-state index is -2.72. The number of carbonyl (C=O) groups is 2. The highest BCUT2D eigenvalue weighted by Gasteiger charge is 2.37. The molecule has 0 bridgehead atoms.